The number of aromatic hydroxyl groups is 1. The number of amides is 1. The van der Waals surface area contributed by atoms with E-state index in [4.69, 9.17) is 5.73 Å². The molecule has 0 atom stereocenters. The normalized spacial score (nSPS) is 11.1. The van der Waals surface area contributed by atoms with E-state index in [1.165, 1.54) is 27.9 Å². The topological polar surface area (TPSA) is 84.4 Å². The number of carbonyl (C=O) groups is 1. The van der Waals surface area contributed by atoms with E-state index in [2.05, 4.69) is 5.10 Å². The highest BCUT2D eigenvalue weighted by Crippen LogP contribution is 2.23. The molecular weight excluding hydrogens is 347 g/mol. The van der Waals surface area contributed by atoms with Crippen LogP contribution in [0.4, 0.5) is 4.39 Å². The van der Waals surface area contributed by atoms with Crippen LogP contribution in [0.2, 0.25) is 0 Å². The minimum Gasteiger partial charge on any atom is -0.504 e. The van der Waals surface area contributed by atoms with E-state index in [-0.39, 0.29) is 35.1 Å². The summed E-state index contributed by atoms with van der Waals surface area (Å²) in [7, 11) is 1.64. The van der Waals surface area contributed by atoms with Crippen molar-refractivity contribution >= 4 is 18.3 Å². The second-order valence-electron chi connectivity index (χ2n) is 6.77. The molecule has 8 heteroatoms. The third kappa shape index (κ3) is 4.70. The molecule has 1 aromatic heterocycles. The average molecular weight is 371 g/mol. The fraction of sp³-hybridized carbons (Fsp3) is 0.412. The SMILES string of the molecule is Cc1cc(F)ccc1-n1cc(O)c(C(=O)N(C)CC(C)(C)CN)n1.Cl. The second-order valence-corrected chi connectivity index (χ2v) is 6.77. The summed E-state index contributed by atoms with van der Waals surface area (Å²) < 4.78 is 14.6. The van der Waals surface area contributed by atoms with E-state index in [0.29, 0.717) is 24.3 Å². The van der Waals surface area contributed by atoms with E-state index in [9.17, 15) is 14.3 Å². The molecule has 0 aliphatic carbocycles. The Bertz CT molecular complexity index is 761. The predicted molar refractivity (Wildman–Crippen MR) is 97.0 cm³/mol. The number of aryl methyl sites for hydroxylation is 1. The van der Waals surface area contributed by atoms with Crippen molar-refractivity contribution in [3.8, 4) is 11.4 Å². The highest BCUT2D eigenvalue weighted by Gasteiger charge is 2.26. The van der Waals surface area contributed by atoms with Crippen molar-refractivity contribution in [3.05, 3.63) is 41.5 Å². The lowest BCUT2D eigenvalue weighted by Crippen LogP contribution is -2.40. The van der Waals surface area contributed by atoms with Crippen molar-refractivity contribution in [2.24, 2.45) is 11.1 Å². The highest BCUT2D eigenvalue weighted by molar-refractivity contribution is 5.94. The fourth-order valence-electron chi connectivity index (χ4n) is 2.48. The smallest absolute Gasteiger partial charge is 0.278 e. The van der Waals surface area contributed by atoms with Crippen molar-refractivity contribution in [2.45, 2.75) is 20.8 Å². The Kier molecular flexibility index (Phi) is 6.56. The van der Waals surface area contributed by atoms with Crippen molar-refractivity contribution in [2.75, 3.05) is 20.1 Å². The molecule has 0 saturated heterocycles. The zero-order valence-corrected chi connectivity index (χ0v) is 15.6. The maximum atomic E-state index is 13.2. The molecule has 138 valence electrons. The Morgan fingerprint density at radius 1 is 1.44 bits per heavy atom. The molecule has 0 fully saturated rings. The van der Waals surface area contributed by atoms with Gasteiger partial charge in [0, 0.05) is 13.6 Å². The largest absolute Gasteiger partial charge is 0.504 e. The van der Waals surface area contributed by atoms with Crippen molar-refractivity contribution in [1.29, 1.82) is 0 Å². The molecule has 0 unspecified atom stereocenters. The van der Waals surface area contributed by atoms with Gasteiger partial charge in [-0.2, -0.15) is 5.10 Å². The van der Waals surface area contributed by atoms with Crippen LogP contribution >= 0.6 is 12.4 Å². The molecule has 0 saturated carbocycles. The number of carbonyl (C=O) groups excluding carboxylic acids is 1. The first-order valence-corrected chi connectivity index (χ1v) is 7.65. The zero-order valence-electron chi connectivity index (χ0n) is 14.8. The first kappa shape index (κ1) is 20.9. The van der Waals surface area contributed by atoms with Gasteiger partial charge in [0.2, 0.25) is 0 Å². The van der Waals surface area contributed by atoms with Crippen LogP contribution in [0, 0.1) is 18.2 Å². The number of nitrogens with two attached hydrogens (primary N) is 1. The van der Waals surface area contributed by atoms with E-state index < -0.39 is 5.91 Å². The molecule has 6 nitrogen and oxygen atoms in total. The van der Waals surface area contributed by atoms with Crippen molar-refractivity contribution in [3.63, 3.8) is 0 Å². The third-order valence-electron chi connectivity index (χ3n) is 3.87. The summed E-state index contributed by atoms with van der Waals surface area (Å²) >= 11 is 0. The van der Waals surface area contributed by atoms with Crippen LogP contribution in [0.5, 0.6) is 5.75 Å². The lowest BCUT2D eigenvalue weighted by molar-refractivity contribution is 0.0731. The molecule has 1 aromatic carbocycles. The molecule has 1 amide bonds. The molecular formula is C17H24ClFN4O2. The van der Waals surface area contributed by atoms with Crippen LogP contribution in [0.25, 0.3) is 5.69 Å². The monoisotopic (exact) mass is 370 g/mol. The Morgan fingerprint density at radius 2 is 2.08 bits per heavy atom. The lowest BCUT2D eigenvalue weighted by atomic mass is 9.93. The third-order valence-corrected chi connectivity index (χ3v) is 3.87. The van der Waals surface area contributed by atoms with Gasteiger partial charge in [0.1, 0.15) is 5.82 Å². The average Bonchev–Trinajstić information content (AvgIpc) is 2.87. The van der Waals surface area contributed by atoms with E-state index in [1.54, 1.807) is 20.0 Å². The van der Waals surface area contributed by atoms with Crippen LogP contribution in [0.15, 0.2) is 24.4 Å². The number of hydrogen-bond acceptors (Lipinski definition) is 4. The zero-order chi connectivity index (χ0) is 18.1. The Hall–Kier alpha value is -2.12. The second kappa shape index (κ2) is 7.84. The molecule has 2 aromatic rings. The predicted octanol–water partition coefficient (Wildman–Crippen LogP) is 2.50. The number of halogens is 2. The quantitative estimate of drug-likeness (QED) is 0.846. The molecule has 25 heavy (non-hydrogen) atoms. The molecule has 0 bridgehead atoms. The standard InChI is InChI=1S/C17H23FN4O2.ClH/c1-11-7-12(18)5-6-13(11)22-8-14(23)15(20-22)16(24)21(4)10-17(2,3)9-19;/h5-8,23H,9-10,19H2,1-4H3;1H. The van der Waals surface area contributed by atoms with E-state index in [0.717, 1.165) is 0 Å². The molecule has 3 N–H and O–H groups in total. The Morgan fingerprint density at radius 3 is 2.64 bits per heavy atom. The minimum absolute atomic E-state index is 0. The number of hydrogen-bond donors (Lipinski definition) is 2. The molecule has 0 aliphatic heterocycles. The molecule has 0 spiro atoms. The molecule has 2 rings (SSSR count). The van der Waals surface area contributed by atoms with Crippen LogP contribution < -0.4 is 5.73 Å². The van der Waals surface area contributed by atoms with Gasteiger partial charge in [0.05, 0.1) is 11.9 Å². The van der Waals surface area contributed by atoms with Gasteiger partial charge < -0.3 is 15.7 Å². The Labute approximate surface area is 152 Å². The van der Waals surface area contributed by atoms with Gasteiger partial charge in [0.15, 0.2) is 11.4 Å². The summed E-state index contributed by atoms with van der Waals surface area (Å²) in [5.74, 6) is -0.971. The summed E-state index contributed by atoms with van der Waals surface area (Å²) in [6, 6.07) is 4.22. The first-order chi connectivity index (χ1) is 11.1. The highest BCUT2D eigenvalue weighted by atomic mass is 35.5. The van der Waals surface area contributed by atoms with Gasteiger partial charge in [0.25, 0.3) is 5.91 Å². The molecule has 0 radical (unpaired) electrons. The number of rotatable bonds is 5. The van der Waals surface area contributed by atoms with Crippen LogP contribution in [-0.2, 0) is 0 Å². The van der Waals surface area contributed by atoms with Crippen molar-refractivity contribution < 1.29 is 14.3 Å². The van der Waals surface area contributed by atoms with E-state index >= 15 is 0 Å². The first-order valence-electron chi connectivity index (χ1n) is 7.65. The summed E-state index contributed by atoms with van der Waals surface area (Å²) in [5, 5.41) is 14.3. The van der Waals surface area contributed by atoms with E-state index in [1.807, 2.05) is 13.8 Å². The van der Waals surface area contributed by atoms with Crippen LogP contribution in [0.3, 0.4) is 0 Å². The van der Waals surface area contributed by atoms with Crippen LogP contribution in [-0.4, -0.2) is 45.8 Å². The number of aromatic nitrogens is 2. The summed E-state index contributed by atoms with van der Waals surface area (Å²) in [4.78, 5) is 14.0. The van der Waals surface area contributed by atoms with Gasteiger partial charge in [-0.05, 0) is 42.6 Å². The van der Waals surface area contributed by atoms with Gasteiger partial charge >= 0.3 is 0 Å². The fourth-order valence-corrected chi connectivity index (χ4v) is 2.48. The van der Waals surface area contributed by atoms with Crippen molar-refractivity contribution in [1.82, 2.24) is 14.7 Å². The lowest BCUT2D eigenvalue weighted by Gasteiger charge is -2.28. The summed E-state index contributed by atoms with van der Waals surface area (Å²) in [5.41, 5.74) is 6.65. The van der Waals surface area contributed by atoms with Crippen LogP contribution in [0.1, 0.15) is 29.9 Å². The number of nitrogens with zero attached hydrogens (tertiary/aromatic N) is 3. The van der Waals surface area contributed by atoms with Gasteiger partial charge in [-0.15, -0.1) is 12.4 Å². The molecule has 0 aliphatic rings. The van der Waals surface area contributed by atoms with Gasteiger partial charge in [-0.3, -0.25) is 4.79 Å². The number of benzene rings is 1. The Balaban J connectivity index is 0.00000312. The summed E-state index contributed by atoms with van der Waals surface area (Å²) in [6.45, 7) is 6.51. The maximum absolute atomic E-state index is 13.2. The minimum atomic E-state index is -0.396. The molecule has 1 heterocycles. The maximum Gasteiger partial charge on any atom is 0.278 e. The van der Waals surface area contributed by atoms with Gasteiger partial charge in [-0.1, -0.05) is 13.8 Å². The summed E-state index contributed by atoms with van der Waals surface area (Å²) in [6.07, 6.45) is 1.34. The van der Waals surface area contributed by atoms with Gasteiger partial charge in [-0.25, -0.2) is 9.07 Å².